The van der Waals surface area contributed by atoms with Crippen LogP contribution < -0.4 is 0 Å². The van der Waals surface area contributed by atoms with E-state index in [0.29, 0.717) is 5.57 Å². The number of nitrogens with zero attached hydrogens (tertiary/aromatic N) is 2. The summed E-state index contributed by atoms with van der Waals surface area (Å²) in [6.45, 7) is 4.58. The fourth-order valence-electron chi connectivity index (χ4n) is 5.09. The first-order valence-corrected chi connectivity index (χ1v) is 12.9. The number of fused-ring (bicyclic) bond motifs is 1. The molecule has 1 fully saturated rings. The summed E-state index contributed by atoms with van der Waals surface area (Å²) in [4.78, 5) is 11.3. The van der Waals surface area contributed by atoms with Crippen LogP contribution in [-0.2, 0) is 9.53 Å². The van der Waals surface area contributed by atoms with Crippen molar-refractivity contribution in [3.05, 3.63) is 107 Å². The molecule has 4 aromatic rings. The molecule has 0 bridgehead atoms. The molecule has 188 valence electrons. The number of carboxylic acid groups (broad SMARTS) is 1. The lowest BCUT2D eigenvalue weighted by Gasteiger charge is -2.23. The molecule has 5 rings (SSSR count). The minimum atomic E-state index is -0.908. The molecule has 3 aromatic carbocycles. The summed E-state index contributed by atoms with van der Waals surface area (Å²) in [6.07, 6.45) is 7.75. The number of allylic oxidation sites excluding steroid dienone is 1. The average molecular weight is 493 g/mol. The molecular weight excluding hydrogens is 460 g/mol. The van der Waals surface area contributed by atoms with E-state index in [4.69, 9.17) is 4.74 Å². The van der Waals surface area contributed by atoms with Gasteiger partial charge in [-0.1, -0.05) is 67.6 Å². The van der Waals surface area contributed by atoms with Crippen LogP contribution >= 0.6 is 0 Å². The molecule has 0 amide bonds. The molecule has 1 aliphatic rings. The molecule has 1 aromatic heterocycles. The average Bonchev–Trinajstić information content (AvgIpc) is 3.36. The Labute approximate surface area is 217 Å². The quantitative estimate of drug-likeness (QED) is 0.213. The molecule has 0 radical (unpaired) electrons. The summed E-state index contributed by atoms with van der Waals surface area (Å²) < 4.78 is 8.01. The van der Waals surface area contributed by atoms with Crippen LogP contribution in [0.5, 0.6) is 0 Å². The molecule has 5 nitrogen and oxygen atoms in total. The standard InChI is InChI=1S/C32H32N2O3/c1-3-28(24-9-5-4-6-10-24)31(25-14-12-23(13-15-25)19-22(2)32(35)36)26-16-17-29-27(20-26)21-33-34(29)30-11-7-8-18-37-30/h4-6,9-10,12-17,19-21,30H,3,7-8,11,18H2,1-2H3,(H,35,36)/b22-19+,31-28+. The van der Waals surface area contributed by atoms with Gasteiger partial charge in [-0.15, -0.1) is 0 Å². The lowest BCUT2D eigenvalue weighted by Crippen LogP contribution is -2.18. The zero-order valence-corrected chi connectivity index (χ0v) is 21.4. The van der Waals surface area contributed by atoms with Crippen molar-refractivity contribution in [2.75, 3.05) is 6.61 Å². The molecule has 1 N–H and O–H groups in total. The van der Waals surface area contributed by atoms with E-state index in [1.807, 2.05) is 29.1 Å². The van der Waals surface area contributed by atoms with E-state index in [2.05, 4.69) is 66.6 Å². The molecule has 1 unspecified atom stereocenters. The first-order valence-electron chi connectivity index (χ1n) is 12.9. The Morgan fingerprint density at radius 2 is 1.78 bits per heavy atom. The Bertz CT molecular complexity index is 1460. The van der Waals surface area contributed by atoms with E-state index in [1.54, 1.807) is 13.0 Å². The number of rotatable bonds is 7. The molecule has 37 heavy (non-hydrogen) atoms. The molecule has 2 heterocycles. The van der Waals surface area contributed by atoms with Crippen LogP contribution in [0, 0.1) is 0 Å². The van der Waals surface area contributed by atoms with Crippen molar-refractivity contribution in [1.29, 1.82) is 0 Å². The second-order valence-corrected chi connectivity index (χ2v) is 9.51. The van der Waals surface area contributed by atoms with Gasteiger partial charge in [0.15, 0.2) is 6.23 Å². The molecule has 0 aliphatic carbocycles. The molecule has 5 heteroatoms. The third-order valence-corrected chi connectivity index (χ3v) is 7.01. The van der Waals surface area contributed by atoms with Gasteiger partial charge in [0.2, 0.25) is 0 Å². The lowest BCUT2D eigenvalue weighted by molar-refractivity contribution is -0.132. The van der Waals surface area contributed by atoms with E-state index in [9.17, 15) is 9.90 Å². The third kappa shape index (κ3) is 5.27. The number of aromatic nitrogens is 2. The fraction of sp³-hybridized carbons (Fsp3) is 0.250. The molecule has 1 aliphatic heterocycles. The Morgan fingerprint density at radius 3 is 2.46 bits per heavy atom. The largest absolute Gasteiger partial charge is 0.478 e. The van der Waals surface area contributed by atoms with E-state index in [1.165, 1.54) is 16.7 Å². The van der Waals surface area contributed by atoms with Crippen molar-refractivity contribution < 1.29 is 14.6 Å². The van der Waals surface area contributed by atoms with Gasteiger partial charge in [0, 0.05) is 17.6 Å². The van der Waals surface area contributed by atoms with Crippen molar-refractivity contribution in [3.8, 4) is 0 Å². The Balaban J connectivity index is 1.62. The smallest absolute Gasteiger partial charge is 0.331 e. The van der Waals surface area contributed by atoms with Crippen molar-refractivity contribution in [2.45, 2.75) is 45.8 Å². The third-order valence-electron chi connectivity index (χ3n) is 7.01. The monoisotopic (exact) mass is 492 g/mol. The first-order chi connectivity index (χ1) is 18.0. The molecule has 1 atom stereocenters. The highest BCUT2D eigenvalue weighted by atomic mass is 16.5. The van der Waals surface area contributed by atoms with Crippen LogP contribution in [0.25, 0.3) is 28.1 Å². The molecule has 0 spiro atoms. The minimum Gasteiger partial charge on any atom is -0.478 e. The zero-order chi connectivity index (χ0) is 25.8. The number of carbonyl (C=O) groups is 1. The van der Waals surface area contributed by atoms with Gasteiger partial charge < -0.3 is 9.84 Å². The van der Waals surface area contributed by atoms with Crippen molar-refractivity contribution >= 4 is 34.1 Å². The minimum absolute atomic E-state index is 0.00232. The van der Waals surface area contributed by atoms with Crippen LogP contribution in [0.1, 0.15) is 68.0 Å². The van der Waals surface area contributed by atoms with E-state index >= 15 is 0 Å². The van der Waals surface area contributed by atoms with Gasteiger partial charge in [0.1, 0.15) is 0 Å². The van der Waals surface area contributed by atoms with Gasteiger partial charge in [-0.3, -0.25) is 0 Å². The molecule has 1 saturated heterocycles. The van der Waals surface area contributed by atoms with Gasteiger partial charge >= 0.3 is 5.97 Å². The number of hydrogen-bond acceptors (Lipinski definition) is 3. The second-order valence-electron chi connectivity index (χ2n) is 9.51. The second kappa shape index (κ2) is 11.0. The summed E-state index contributed by atoms with van der Waals surface area (Å²) in [5.41, 5.74) is 8.09. The van der Waals surface area contributed by atoms with Crippen LogP contribution in [0.2, 0.25) is 0 Å². The van der Waals surface area contributed by atoms with E-state index in [-0.39, 0.29) is 6.23 Å². The predicted octanol–water partition coefficient (Wildman–Crippen LogP) is 7.59. The summed E-state index contributed by atoms with van der Waals surface area (Å²) >= 11 is 0. The van der Waals surface area contributed by atoms with Gasteiger partial charge in [0.25, 0.3) is 0 Å². The molecule has 0 saturated carbocycles. The van der Waals surface area contributed by atoms with Crippen LogP contribution in [0.3, 0.4) is 0 Å². The summed E-state index contributed by atoms with van der Waals surface area (Å²) in [6, 6.07) is 25.2. The first kappa shape index (κ1) is 24.7. The number of ether oxygens (including phenoxy) is 1. The van der Waals surface area contributed by atoms with E-state index < -0.39 is 5.97 Å². The van der Waals surface area contributed by atoms with Crippen molar-refractivity contribution in [2.24, 2.45) is 0 Å². The van der Waals surface area contributed by atoms with Gasteiger partial charge in [-0.05, 0) is 84.2 Å². The fourth-order valence-corrected chi connectivity index (χ4v) is 5.09. The van der Waals surface area contributed by atoms with Crippen LogP contribution in [0.15, 0.2) is 84.6 Å². The number of aliphatic carboxylic acids is 1. The van der Waals surface area contributed by atoms with Gasteiger partial charge in [0.05, 0.1) is 11.7 Å². The highest BCUT2D eigenvalue weighted by molar-refractivity contribution is 6.00. The highest BCUT2D eigenvalue weighted by Gasteiger charge is 2.20. The summed E-state index contributed by atoms with van der Waals surface area (Å²) in [5, 5.41) is 15.0. The number of benzene rings is 3. The van der Waals surface area contributed by atoms with Gasteiger partial charge in [-0.25, -0.2) is 9.48 Å². The SMILES string of the molecule is CC/C(=C(/c1ccc(/C=C(\C)C(=O)O)cc1)c1ccc2c(cnn2C2CCCCO2)c1)c1ccccc1. The van der Waals surface area contributed by atoms with Gasteiger partial charge in [-0.2, -0.15) is 5.10 Å². The maximum Gasteiger partial charge on any atom is 0.331 e. The van der Waals surface area contributed by atoms with Crippen LogP contribution in [-0.4, -0.2) is 27.5 Å². The lowest BCUT2D eigenvalue weighted by atomic mass is 9.87. The summed E-state index contributed by atoms with van der Waals surface area (Å²) in [5.74, 6) is -0.908. The maximum absolute atomic E-state index is 11.3. The van der Waals surface area contributed by atoms with Crippen molar-refractivity contribution in [1.82, 2.24) is 9.78 Å². The molecular formula is C32H32N2O3. The maximum atomic E-state index is 11.3. The number of carboxylic acids is 1. The Morgan fingerprint density at radius 1 is 1.03 bits per heavy atom. The van der Waals surface area contributed by atoms with Crippen LogP contribution in [0.4, 0.5) is 0 Å². The topological polar surface area (TPSA) is 64.3 Å². The Kier molecular flexibility index (Phi) is 7.33. The summed E-state index contributed by atoms with van der Waals surface area (Å²) in [7, 11) is 0. The zero-order valence-electron chi connectivity index (χ0n) is 21.4. The van der Waals surface area contributed by atoms with Crippen molar-refractivity contribution in [3.63, 3.8) is 0 Å². The normalized spacial score (nSPS) is 17.0. The highest BCUT2D eigenvalue weighted by Crippen LogP contribution is 2.36. The number of hydrogen-bond donors (Lipinski definition) is 1. The van der Waals surface area contributed by atoms with E-state index in [0.717, 1.165) is 59.9 Å². The predicted molar refractivity (Wildman–Crippen MR) is 149 cm³/mol. The Hall–Kier alpha value is -3.96.